The monoisotopic (exact) mass is 151 g/mol. The first kappa shape index (κ1) is 6.42. The van der Waals surface area contributed by atoms with Crippen LogP contribution in [0.1, 0.15) is 6.92 Å². The molecule has 0 bridgehead atoms. The lowest BCUT2D eigenvalue weighted by Crippen LogP contribution is -2.33. The summed E-state index contributed by atoms with van der Waals surface area (Å²) in [6.45, 7) is 1.96. The molecule has 0 saturated carbocycles. The van der Waals surface area contributed by atoms with Gasteiger partial charge in [0.15, 0.2) is 0 Å². The maximum Gasteiger partial charge on any atom is 0.337 e. The van der Waals surface area contributed by atoms with Gasteiger partial charge in [0.1, 0.15) is 6.17 Å². The van der Waals surface area contributed by atoms with Crippen LogP contribution in [0, 0.1) is 0 Å². The Morgan fingerprint density at radius 1 is 1.64 bits per heavy atom. The summed E-state index contributed by atoms with van der Waals surface area (Å²) in [6, 6.07) is -0.0984. The molecule has 2 N–H and O–H groups in total. The number of nitrogens with one attached hydrogen (secondary N) is 2. The van der Waals surface area contributed by atoms with Crippen molar-refractivity contribution in [2.45, 2.75) is 13.1 Å². The first-order valence-corrected chi connectivity index (χ1v) is 3.48. The van der Waals surface area contributed by atoms with Crippen LogP contribution in [0.25, 0.3) is 0 Å². The van der Waals surface area contributed by atoms with E-state index in [9.17, 15) is 4.79 Å². The van der Waals surface area contributed by atoms with Gasteiger partial charge in [-0.3, -0.25) is 10.3 Å². The van der Waals surface area contributed by atoms with E-state index in [2.05, 4.69) is 10.9 Å². The van der Waals surface area contributed by atoms with E-state index in [0.717, 1.165) is 5.57 Å². The molecule has 4 heteroatoms. The van der Waals surface area contributed by atoms with Crippen LogP contribution < -0.4 is 10.9 Å². The standard InChI is InChI=1S/C7H9N3O/c1-5-2-3-6-8-9-7(11)10(6)4-5/h2-4,6,8H,1H3,(H,9,11). The Labute approximate surface area is 64.5 Å². The van der Waals surface area contributed by atoms with Gasteiger partial charge in [-0.05, 0) is 18.6 Å². The molecular weight excluding hydrogens is 142 g/mol. The van der Waals surface area contributed by atoms with Gasteiger partial charge in [-0.2, -0.15) is 0 Å². The molecule has 1 fully saturated rings. The first-order valence-electron chi connectivity index (χ1n) is 3.48. The molecule has 2 amide bonds. The fraction of sp³-hybridized carbons (Fsp3) is 0.286. The minimum absolute atomic E-state index is 0.00815. The number of fused-ring (bicyclic) bond motifs is 1. The molecule has 2 heterocycles. The molecule has 4 nitrogen and oxygen atoms in total. The third kappa shape index (κ3) is 0.914. The highest BCUT2D eigenvalue weighted by molar-refractivity contribution is 5.78. The van der Waals surface area contributed by atoms with Crippen LogP contribution in [0.5, 0.6) is 0 Å². The summed E-state index contributed by atoms with van der Waals surface area (Å²) < 4.78 is 0. The fourth-order valence-electron chi connectivity index (χ4n) is 1.18. The van der Waals surface area contributed by atoms with E-state index in [4.69, 9.17) is 0 Å². The molecule has 0 aromatic heterocycles. The van der Waals surface area contributed by atoms with Crippen molar-refractivity contribution in [3.8, 4) is 0 Å². The van der Waals surface area contributed by atoms with Crippen LogP contribution >= 0.6 is 0 Å². The number of hydrazine groups is 1. The van der Waals surface area contributed by atoms with E-state index in [1.54, 1.807) is 4.90 Å². The second-order valence-corrected chi connectivity index (χ2v) is 2.66. The lowest BCUT2D eigenvalue weighted by Gasteiger charge is -2.19. The second-order valence-electron chi connectivity index (χ2n) is 2.66. The van der Waals surface area contributed by atoms with E-state index in [0.29, 0.717) is 0 Å². The molecule has 1 saturated heterocycles. The highest BCUT2D eigenvalue weighted by atomic mass is 16.2. The van der Waals surface area contributed by atoms with Crippen LogP contribution in [-0.2, 0) is 0 Å². The van der Waals surface area contributed by atoms with Crippen LogP contribution in [0.15, 0.2) is 23.9 Å². The summed E-state index contributed by atoms with van der Waals surface area (Å²) in [5.74, 6) is 0. The molecule has 0 aromatic carbocycles. The molecule has 2 rings (SSSR count). The number of hydrogen-bond donors (Lipinski definition) is 2. The summed E-state index contributed by atoms with van der Waals surface area (Å²) in [5, 5.41) is 0. The van der Waals surface area contributed by atoms with Gasteiger partial charge in [0.2, 0.25) is 0 Å². The average molecular weight is 151 g/mol. The molecule has 0 radical (unpaired) electrons. The third-order valence-electron chi connectivity index (χ3n) is 1.75. The molecule has 58 valence electrons. The number of amides is 2. The molecule has 0 aliphatic carbocycles. The highest BCUT2D eigenvalue weighted by Gasteiger charge is 2.28. The lowest BCUT2D eigenvalue weighted by atomic mass is 10.2. The molecule has 2 aliphatic heterocycles. The number of carbonyl (C=O) groups excluding carboxylic acids is 1. The number of hydrogen-bond acceptors (Lipinski definition) is 2. The molecule has 1 unspecified atom stereocenters. The topological polar surface area (TPSA) is 44.4 Å². The van der Waals surface area contributed by atoms with E-state index >= 15 is 0 Å². The van der Waals surface area contributed by atoms with Crippen LogP contribution in [-0.4, -0.2) is 17.1 Å². The minimum atomic E-state index is -0.0984. The van der Waals surface area contributed by atoms with E-state index in [1.807, 2.05) is 25.3 Å². The molecule has 0 aromatic rings. The van der Waals surface area contributed by atoms with Gasteiger partial charge in [-0.25, -0.2) is 10.2 Å². The Morgan fingerprint density at radius 3 is 3.27 bits per heavy atom. The predicted molar refractivity (Wildman–Crippen MR) is 40.2 cm³/mol. The SMILES string of the molecule is CC1=CN2C(=O)NNC2C=C1. The Hall–Kier alpha value is -1.29. The summed E-state index contributed by atoms with van der Waals surface area (Å²) in [6.07, 6.45) is 5.73. The van der Waals surface area contributed by atoms with Crippen molar-refractivity contribution in [3.05, 3.63) is 23.9 Å². The molecule has 0 spiro atoms. The maximum absolute atomic E-state index is 11.0. The van der Waals surface area contributed by atoms with Crippen LogP contribution in [0.2, 0.25) is 0 Å². The van der Waals surface area contributed by atoms with Crippen LogP contribution in [0.3, 0.4) is 0 Å². The zero-order valence-electron chi connectivity index (χ0n) is 6.16. The number of rotatable bonds is 0. The maximum atomic E-state index is 11.0. The zero-order chi connectivity index (χ0) is 7.84. The van der Waals surface area contributed by atoms with Gasteiger partial charge in [0, 0.05) is 6.20 Å². The van der Waals surface area contributed by atoms with E-state index in [-0.39, 0.29) is 12.2 Å². The predicted octanol–water partition coefficient (Wildman–Crippen LogP) is 0.316. The van der Waals surface area contributed by atoms with Gasteiger partial charge >= 0.3 is 6.03 Å². The molecule has 2 aliphatic rings. The van der Waals surface area contributed by atoms with Crippen molar-refractivity contribution in [2.75, 3.05) is 0 Å². The summed E-state index contributed by atoms with van der Waals surface area (Å²) in [7, 11) is 0. The van der Waals surface area contributed by atoms with Gasteiger partial charge in [0.05, 0.1) is 0 Å². The van der Waals surface area contributed by atoms with E-state index in [1.165, 1.54) is 0 Å². The Balaban J connectivity index is 2.29. The van der Waals surface area contributed by atoms with Crippen molar-refractivity contribution in [3.63, 3.8) is 0 Å². The Morgan fingerprint density at radius 2 is 2.45 bits per heavy atom. The van der Waals surface area contributed by atoms with Gasteiger partial charge < -0.3 is 0 Å². The van der Waals surface area contributed by atoms with Crippen molar-refractivity contribution in [1.29, 1.82) is 0 Å². The summed E-state index contributed by atoms with van der Waals surface area (Å²) >= 11 is 0. The van der Waals surface area contributed by atoms with Crippen molar-refractivity contribution >= 4 is 6.03 Å². The average Bonchev–Trinajstić information content (AvgIpc) is 2.33. The number of nitrogens with zero attached hydrogens (tertiary/aromatic N) is 1. The normalized spacial score (nSPS) is 28.1. The zero-order valence-corrected chi connectivity index (χ0v) is 6.16. The Kier molecular flexibility index (Phi) is 1.22. The molecule has 1 atom stereocenters. The van der Waals surface area contributed by atoms with Gasteiger partial charge in [0.25, 0.3) is 0 Å². The minimum Gasteiger partial charge on any atom is -0.279 e. The fourth-order valence-corrected chi connectivity index (χ4v) is 1.18. The third-order valence-corrected chi connectivity index (χ3v) is 1.75. The smallest absolute Gasteiger partial charge is 0.279 e. The van der Waals surface area contributed by atoms with Crippen molar-refractivity contribution in [1.82, 2.24) is 15.8 Å². The summed E-state index contributed by atoms with van der Waals surface area (Å²) in [4.78, 5) is 12.6. The lowest BCUT2D eigenvalue weighted by molar-refractivity contribution is 0.226. The van der Waals surface area contributed by atoms with Gasteiger partial charge in [-0.1, -0.05) is 6.08 Å². The summed E-state index contributed by atoms with van der Waals surface area (Å²) in [5.41, 5.74) is 6.43. The number of allylic oxidation sites excluding steroid dienone is 2. The van der Waals surface area contributed by atoms with Gasteiger partial charge in [-0.15, -0.1) is 0 Å². The first-order chi connectivity index (χ1) is 5.27. The Bertz CT molecular complexity index is 256. The number of carbonyl (C=O) groups is 1. The highest BCUT2D eigenvalue weighted by Crippen LogP contribution is 2.13. The van der Waals surface area contributed by atoms with Crippen molar-refractivity contribution < 1.29 is 4.79 Å². The van der Waals surface area contributed by atoms with Crippen molar-refractivity contribution in [2.24, 2.45) is 0 Å². The van der Waals surface area contributed by atoms with E-state index < -0.39 is 0 Å². The molecular formula is C7H9N3O. The number of urea groups is 1. The molecule has 11 heavy (non-hydrogen) atoms. The quantitative estimate of drug-likeness (QED) is 0.523. The van der Waals surface area contributed by atoms with Crippen LogP contribution in [0.4, 0.5) is 4.79 Å². The second kappa shape index (κ2) is 2.10. The largest absolute Gasteiger partial charge is 0.337 e.